The Morgan fingerprint density at radius 1 is 1.06 bits per heavy atom. The summed E-state index contributed by atoms with van der Waals surface area (Å²) in [4.78, 5) is 22.1. The quantitative estimate of drug-likeness (QED) is 0.127. The van der Waals surface area contributed by atoms with Gasteiger partial charge in [-0.15, -0.1) is 0 Å². The van der Waals surface area contributed by atoms with Gasteiger partial charge in [0.15, 0.2) is 11.5 Å². The molecule has 0 radical (unpaired) electrons. The zero-order valence-corrected chi connectivity index (χ0v) is 21.3. The SMILES string of the molecule is COc1ccc(C(=O)N/N=C\c2cc(I)c(OS(=O)(=O)c3ccc([N+](=O)[O-])cc3)c(OC)c2)cc1. The molecule has 0 aliphatic heterocycles. The van der Waals surface area contributed by atoms with Crippen LogP contribution in [0.4, 0.5) is 5.69 Å². The lowest BCUT2D eigenvalue weighted by Gasteiger charge is -2.13. The Morgan fingerprint density at radius 3 is 2.29 bits per heavy atom. The van der Waals surface area contributed by atoms with E-state index in [1.165, 1.54) is 26.5 Å². The van der Waals surface area contributed by atoms with Crippen LogP contribution in [0.25, 0.3) is 0 Å². The Labute approximate surface area is 214 Å². The number of nitro benzene ring substituents is 1. The van der Waals surface area contributed by atoms with E-state index < -0.39 is 20.9 Å². The fraction of sp³-hybridized carbons (Fsp3) is 0.0909. The average Bonchev–Trinajstić information content (AvgIpc) is 2.85. The van der Waals surface area contributed by atoms with Crippen molar-refractivity contribution in [3.63, 3.8) is 0 Å². The lowest BCUT2D eigenvalue weighted by molar-refractivity contribution is -0.384. The summed E-state index contributed by atoms with van der Waals surface area (Å²) in [6.45, 7) is 0. The first-order valence-corrected chi connectivity index (χ1v) is 12.2. The van der Waals surface area contributed by atoms with Crippen molar-refractivity contribution >= 4 is 50.5 Å². The number of ether oxygens (including phenoxy) is 2. The summed E-state index contributed by atoms with van der Waals surface area (Å²) in [5, 5.41) is 14.7. The smallest absolute Gasteiger partial charge is 0.339 e. The highest BCUT2D eigenvalue weighted by Crippen LogP contribution is 2.35. The largest absolute Gasteiger partial charge is 0.497 e. The average molecular weight is 611 g/mol. The van der Waals surface area contributed by atoms with Crippen LogP contribution in [0, 0.1) is 13.7 Å². The molecule has 0 saturated heterocycles. The summed E-state index contributed by atoms with van der Waals surface area (Å²) in [5.41, 5.74) is 3.03. The van der Waals surface area contributed by atoms with E-state index in [-0.39, 0.29) is 22.1 Å². The molecule has 3 aromatic rings. The zero-order valence-electron chi connectivity index (χ0n) is 18.3. The molecule has 0 fully saturated rings. The van der Waals surface area contributed by atoms with Crippen molar-refractivity contribution in [2.24, 2.45) is 5.10 Å². The van der Waals surface area contributed by atoms with Gasteiger partial charge in [-0.3, -0.25) is 14.9 Å². The van der Waals surface area contributed by atoms with Crippen LogP contribution in [0.1, 0.15) is 15.9 Å². The van der Waals surface area contributed by atoms with Gasteiger partial charge in [0.05, 0.1) is 28.9 Å². The van der Waals surface area contributed by atoms with E-state index in [1.807, 2.05) is 22.6 Å². The predicted octanol–water partition coefficient (Wildman–Crippen LogP) is 3.75. The minimum absolute atomic E-state index is 0.0640. The second-order valence-electron chi connectivity index (χ2n) is 6.75. The first kappa shape index (κ1) is 25.9. The minimum atomic E-state index is -4.29. The maximum atomic E-state index is 12.7. The predicted molar refractivity (Wildman–Crippen MR) is 135 cm³/mol. The fourth-order valence-corrected chi connectivity index (χ4v) is 4.60. The molecule has 3 aromatic carbocycles. The summed E-state index contributed by atoms with van der Waals surface area (Å²) in [6.07, 6.45) is 1.36. The number of nitro groups is 1. The summed E-state index contributed by atoms with van der Waals surface area (Å²) in [6, 6.07) is 13.8. The third-order valence-electron chi connectivity index (χ3n) is 4.51. The molecular weight excluding hydrogens is 593 g/mol. The highest BCUT2D eigenvalue weighted by atomic mass is 127. The molecule has 1 N–H and O–H groups in total. The molecule has 0 spiro atoms. The van der Waals surface area contributed by atoms with Gasteiger partial charge >= 0.3 is 10.1 Å². The number of carbonyl (C=O) groups is 1. The number of hydrazone groups is 1. The van der Waals surface area contributed by atoms with Gasteiger partial charge < -0.3 is 13.7 Å². The zero-order chi connectivity index (χ0) is 25.6. The highest BCUT2D eigenvalue weighted by molar-refractivity contribution is 14.1. The maximum absolute atomic E-state index is 12.7. The lowest BCUT2D eigenvalue weighted by Crippen LogP contribution is -2.17. The van der Waals surface area contributed by atoms with Gasteiger partial charge in [-0.25, -0.2) is 5.43 Å². The molecule has 0 aliphatic rings. The number of hydrogen-bond donors (Lipinski definition) is 1. The molecule has 0 unspecified atom stereocenters. The molecule has 0 aromatic heterocycles. The molecule has 0 saturated carbocycles. The summed E-state index contributed by atoms with van der Waals surface area (Å²) >= 11 is 1.87. The van der Waals surface area contributed by atoms with Gasteiger partial charge in [0.2, 0.25) is 0 Å². The van der Waals surface area contributed by atoms with Crippen LogP contribution < -0.4 is 19.1 Å². The van der Waals surface area contributed by atoms with Crippen LogP contribution in [-0.4, -0.2) is 39.7 Å². The van der Waals surface area contributed by atoms with Crippen LogP contribution >= 0.6 is 22.6 Å². The monoisotopic (exact) mass is 611 g/mol. The topological polar surface area (TPSA) is 146 Å². The van der Waals surface area contributed by atoms with E-state index in [9.17, 15) is 23.3 Å². The van der Waals surface area contributed by atoms with Crippen LogP contribution in [0.5, 0.6) is 17.2 Å². The Morgan fingerprint density at radius 2 is 1.71 bits per heavy atom. The van der Waals surface area contributed by atoms with Crippen molar-refractivity contribution in [3.05, 3.63) is 85.5 Å². The van der Waals surface area contributed by atoms with E-state index in [0.29, 0.717) is 20.4 Å². The Kier molecular flexibility index (Phi) is 8.24. The molecule has 11 nitrogen and oxygen atoms in total. The van der Waals surface area contributed by atoms with E-state index in [4.69, 9.17) is 13.7 Å². The van der Waals surface area contributed by atoms with Gasteiger partial charge in [-0.1, -0.05) is 0 Å². The Bertz CT molecular complexity index is 1380. The van der Waals surface area contributed by atoms with Gasteiger partial charge in [0, 0.05) is 17.7 Å². The number of nitrogens with one attached hydrogen (secondary N) is 1. The number of benzene rings is 3. The third kappa shape index (κ3) is 6.45. The Hall–Kier alpha value is -3.72. The van der Waals surface area contributed by atoms with Crippen molar-refractivity contribution in [2.45, 2.75) is 4.90 Å². The molecule has 13 heteroatoms. The normalized spacial score (nSPS) is 11.2. The molecule has 1 amide bonds. The number of non-ortho nitro benzene ring substituents is 1. The molecule has 3 rings (SSSR count). The summed E-state index contributed by atoms with van der Waals surface area (Å²) in [7, 11) is -1.43. The number of carbonyl (C=O) groups excluding carboxylic acids is 1. The van der Waals surface area contributed by atoms with Crippen molar-refractivity contribution in [3.8, 4) is 17.2 Å². The van der Waals surface area contributed by atoms with Gasteiger partial charge in [-0.05, 0) is 76.7 Å². The summed E-state index contributed by atoms with van der Waals surface area (Å²) < 4.78 is 41.3. The van der Waals surface area contributed by atoms with E-state index in [0.717, 1.165) is 24.3 Å². The minimum Gasteiger partial charge on any atom is -0.497 e. The first-order valence-electron chi connectivity index (χ1n) is 9.68. The second kappa shape index (κ2) is 11.1. The molecule has 182 valence electrons. The maximum Gasteiger partial charge on any atom is 0.339 e. The van der Waals surface area contributed by atoms with Crippen LogP contribution in [0.3, 0.4) is 0 Å². The number of rotatable bonds is 9. The number of amides is 1. The standard InChI is InChI=1S/C22H18IN3O8S/c1-32-17-7-3-15(4-8-17)22(27)25-24-13-14-11-19(23)21(20(12-14)33-2)34-35(30,31)18-9-5-16(6-10-18)26(28)29/h3-13H,1-2H3,(H,25,27)/b24-13-. The molecule has 0 bridgehead atoms. The lowest BCUT2D eigenvalue weighted by atomic mass is 10.2. The first-order chi connectivity index (χ1) is 16.6. The van der Waals surface area contributed by atoms with Crippen molar-refractivity contribution in [1.29, 1.82) is 0 Å². The molecule has 0 atom stereocenters. The Balaban J connectivity index is 1.77. The van der Waals surface area contributed by atoms with E-state index in [2.05, 4.69) is 10.5 Å². The number of halogens is 1. The molecule has 35 heavy (non-hydrogen) atoms. The fourth-order valence-electron chi connectivity index (χ4n) is 2.76. The highest BCUT2D eigenvalue weighted by Gasteiger charge is 2.23. The number of methoxy groups -OCH3 is 2. The number of hydrogen-bond acceptors (Lipinski definition) is 9. The van der Waals surface area contributed by atoms with Gasteiger partial charge in [-0.2, -0.15) is 13.5 Å². The van der Waals surface area contributed by atoms with E-state index in [1.54, 1.807) is 30.3 Å². The van der Waals surface area contributed by atoms with Crippen LogP contribution in [0.15, 0.2) is 70.7 Å². The van der Waals surface area contributed by atoms with Gasteiger partial charge in [0.25, 0.3) is 11.6 Å². The third-order valence-corrected chi connectivity index (χ3v) is 6.55. The van der Waals surface area contributed by atoms with E-state index >= 15 is 0 Å². The number of nitrogens with zero attached hydrogens (tertiary/aromatic N) is 2. The van der Waals surface area contributed by atoms with Gasteiger partial charge in [0.1, 0.15) is 10.6 Å². The van der Waals surface area contributed by atoms with Crippen molar-refractivity contribution in [2.75, 3.05) is 14.2 Å². The summed E-state index contributed by atoms with van der Waals surface area (Å²) in [5.74, 6) is 0.223. The molecule has 0 aliphatic carbocycles. The van der Waals surface area contributed by atoms with Crippen molar-refractivity contribution in [1.82, 2.24) is 5.43 Å². The second-order valence-corrected chi connectivity index (χ2v) is 9.46. The van der Waals surface area contributed by atoms with Crippen LogP contribution in [0.2, 0.25) is 0 Å². The molecule has 0 heterocycles. The molecular formula is C22H18IN3O8S. The van der Waals surface area contributed by atoms with Crippen LogP contribution in [-0.2, 0) is 10.1 Å². The van der Waals surface area contributed by atoms with Crippen molar-refractivity contribution < 1.29 is 31.8 Å².